The van der Waals surface area contributed by atoms with Crippen molar-refractivity contribution in [2.24, 2.45) is 0 Å². The number of hydrogen-bond acceptors (Lipinski definition) is 4. The molecule has 0 radical (unpaired) electrons. The van der Waals surface area contributed by atoms with E-state index >= 15 is 0 Å². The minimum atomic E-state index is -0.244. The molecule has 1 N–H and O–H groups in total. The normalized spacial score (nSPS) is 10.3. The van der Waals surface area contributed by atoms with Gasteiger partial charge in [0.05, 0.1) is 13.0 Å². The highest BCUT2D eigenvalue weighted by molar-refractivity contribution is 5.72. The minimum absolute atomic E-state index is 0.244. The van der Waals surface area contributed by atoms with Crippen LogP contribution in [0, 0.1) is 0 Å². The second-order valence-corrected chi connectivity index (χ2v) is 3.03. The molecular weight excluding hydrogens is 208 g/mol. The van der Waals surface area contributed by atoms with Gasteiger partial charge in [0.2, 0.25) is 0 Å². The highest BCUT2D eigenvalue weighted by Crippen LogP contribution is 2.13. The van der Waals surface area contributed by atoms with Gasteiger partial charge in [-0.25, -0.2) is 0 Å². The predicted octanol–water partition coefficient (Wildman–Crippen LogP) is 2.20. The lowest BCUT2D eigenvalue weighted by Crippen LogP contribution is -2.07. The lowest BCUT2D eigenvalue weighted by molar-refractivity contribution is -0.142. The Hall–Kier alpha value is -1.97. The molecule has 4 heteroatoms. The number of aliphatic hydroxyl groups excluding tert-OH is 1. The van der Waals surface area contributed by atoms with Crippen molar-refractivity contribution in [1.29, 1.82) is 0 Å². The number of benzene rings is 1. The van der Waals surface area contributed by atoms with Crippen LogP contribution in [0.2, 0.25) is 0 Å². The maximum Gasteiger partial charge on any atom is 0.310 e. The first-order chi connectivity index (χ1) is 7.76. The Balaban J connectivity index is 2.54. The molecule has 4 nitrogen and oxygen atoms in total. The van der Waals surface area contributed by atoms with E-state index in [1.165, 1.54) is 6.26 Å². The van der Waals surface area contributed by atoms with E-state index in [-0.39, 0.29) is 12.4 Å². The van der Waals surface area contributed by atoms with Gasteiger partial charge in [-0.15, -0.1) is 0 Å². The first-order valence-corrected chi connectivity index (χ1v) is 4.96. The molecular formula is C12H14O4. The van der Waals surface area contributed by atoms with E-state index in [9.17, 15) is 4.79 Å². The monoisotopic (exact) mass is 222 g/mol. The number of ether oxygens (including phenoxy) is 2. The molecule has 0 unspecified atom stereocenters. The van der Waals surface area contributed by atoms with Crippen LogP contribution in [0.1, 0.15) is 12.5 Å². The van der Waals surface area contributed by atoms with E-state index in [0.717, 1.165) is 11.8 Å². The second-order valence-electron chi connectivity index (χ2n) is 3.03. The van der Waals surface area contributed by atoms with Gasteiger partial charge in [0.1, 0.15) is 18.3 Å². The fourth-order valence-electron chi connectivity index (χ4n) is 1.17. The van der Waals surface area contributed by atoms with E-state index in [0.29, 0.717) is 12.4 Å². The zero-order valence-corrected chi connectivity index (χ0v) is 9.05. The van der Waals surface area contributed by atoms with E-state index in [4.69, 9.17) is 14.6 Å². The van der Waals surface area contributed by atoms with Crippen LogP contribution in [0.5, 0.6) is 5.75 Å². The number of rotatable bonds is 5. The van der Waals surface area contributed by atoms with Gasteiger partial charge < -0.3 is 14.6 Å². The van der Waals surface area contributed by atoms with Gasteiger partial charge in [-0.3, -0.25) is 4.79 Å². The van der Waals surface area contributed by atoms with Crippen LogP contribution in [0.3, 0.4) is 0 Å². The number of aliphatic hydroxyl groups is 1. The largest absolute Gasteiger partial charge is 0.512 e. The maximum atomic E-state index is 11.2. The molecule has 0 saturated carbocycles. The summed E-state index contributed by atoms with van der Waals surface area (Å²) in [6.45, 7) is 2.16. The Morgan fingerprint density at radius 2 is 2.06 bits per heavy atom. The topological polar surface area (TPSA) is 55.8 Å². The average Bonchev–Trinajstić information content (AvgIpc) is 2.28. The SMILES string of the molecule is CCOC(=O)Cc1ccc(OC=CO)cc1. The minimum Gasteiger partial charge on any atom is -0.512 e. The quantitative estimate of drug-likeness (QED) is 0.613. The van der Waals surface area contributed by atoms with Gasteiger partial charge in [-0.05, 0) is 24.6 Å². The lowest BCUT2D eigenvalue weighted by Gasteiger charge is -2.03. The zero-order chi connectivity index (χ0) is 11.8. The van der Waals surface area contributed by atoms with Crippen LogP contribution in [-0.4, -0.2) is 17.7 Å². The van der Waals surface area contributed by atoms with Crippen molar-refractivity contribution in [3.8, 4) is 5.75 Å². The molecule has 0 heterocycles. The molecule has 1 aromatic rings. The number of carbonyl (C=O) groups is 1. The Bertz CT molecular complexity index is 354. The third kappa shape index (κ3) is 4.04. The summed E-state index contributed by atoms with van der Waals surface area (Å²) in [7, 11) is 0. The van der Waals surface area contributed by atoms with Gasteiger partial charge in [-0.2, -0.15) is 0 Å². The molecule has 0 spiro atoms. The Labute approximate surface area is 94.1 Å². The van der Waals surface area contributed by atoms with Crippen LogP contribution in [0.25, 0.3) is 0 Å². The van der Waals surface area contributed by atoms with Gasteiger partial charge in [0.25, 0.3) is 0 Å². The molecule has 0 atom stereocenters. The van der Waals surface area contributed by atoms with Crippen LogP contribution >= 0.6 is 0 Å². The van der Waals surface area contributed by atoms with Crippen molar-refractivity contribution in [2.45, 2.75) is 13.3 Å². The standard InChI is InChI=1S/C12H14O4/c1-2-15-12(14)9-10-3-5-11(6-4-10)16-8-7-13/h3-8,13H,2,9H2,1H3. The molecule has 16 heavy (non-hydrogen) atoms. The highest BCUT2D eigenvalue weighted by Gasteiger charge is 2.03. The molecule has 0 fully saturated rings. The molecule has 1 aromatic carbocycles. The summed E-state index contributed by atoms with van der Waals surface area (Å²) in [6, 6.07) is 6.98. The van der Waals surface area contributed by atoms with Crippen molar-refractivity contribution in [3.63, 3.8) is 0 Å². The number of carbonyl (C=O) groups excluding carboxylic acids is 1. The number of hydrogen-bond donors (Lipinski definition) is 1. The third-order valence-corrected chi connectivity index (χ3v) is 1.84. The summed E-state index contributed by atoms with van der Waals surface area (Å²) in [6.07, 6.45) is 2.23. The van der Waals surface area contributed by atoms with Crippen LogP contribution in [-0.2, 0) is 16.0 Å². The second kappa shape index (κ2) is 6.50. The van der Waals surface area contributed by atoms with Gasteiger partial charge >= 0.3 is 5.97 Å². The number of esters is 1. The van der Waals surface area contributed by atoms with Crippen molar-refractivity contribution in [1.82, 2.24) is 0 Å². The molecule has 0 aliphatic heterocycles. The van der Waals surface area contributed by atoms with Crippen LogP contribution < -0.4 is 4.74 Å². The Morgan fingerprint density at radius 3 is 2.62 bits per heavy atom. The van der Waals surface area contributed by atoms with E-state index in [1.54, 1.807) is 31.2 Å². The molecule has 0 amide bonds. The summed E-state index contributed by atoms with van der Waals surface area (Å²) in [5.74, 6) is 0.351. The molecule has 1 rings (SSSR count). The summed E-state index contributed by atoms with van der Waals surface area (Å²) in [5.41, 5.74) is 0.860. The van der Waals surface area contributed by atoms with E-state index in [2.05, 4.69) is 0 Å². The first kappa shape index (κ1) is 12.1. The molecule has 0 aromatic heterocycles. The summed E-state index contributed by atoms with van der Waals surface area (Å²) >= 11 is 0. The molecule has 0 bridgehead atoms. The van der Waals surface area contributed by atoms with Crippen LogP contribution in [0.15, 0.2) is 36.8 Å². The predicted molar refractivity (Wildman–Crippen MR) is 59.2 cm³/mol. The van der Waals surface area contributed by atoms with Gasteiger partial charge in [0.15, 0.2) is 0 Å². The smallest absolute Gasteiger partial charge is 0.310 e. The van der Waals surface area contributed by atoms with E-state index in [1.807, 2.05) is 0 Å². The van der Waals surface area contributed by atoms with Gasteiger partial charge in [-0.1, -0.05) is 12.1 Å². The highest BCUT2D eigenvalue weighted by atomic mass is 16.5. The molecule has 86 valence electrons. The maximum absolute atomic E-state index is 11.2. The van der Waals surface area contributed by atoms with Crippen molar-refractivity contribution < 1.29 is 19.4 Å². The Morgan fingerprint density at radius 1 is 1.38 bits per heavy atom. The van der Waals surface area contributed by atoms with Crippen LogP contribution in [0.4, 0.5) is 0 Å². The molecule has 0 aliphatic rings. The van der Waals surface area contributed by atoms with Crippen molar-refractivity contribution in [2.75, 3.05) is 6.61 Å². The average molecular weight is 222 g/mol. The third-order valence-electron chi connectivity index (χ3n) is 1.84. The fourth-order valence-corrected chi connectivity index (χ4v) is 1.17. The van der Waals surface area contributed by atoms with E-state index < -0.39 is 0 Å². The first-order valence-electron chi connectivity index (χ1n) is 4.96. The van der Waals surface area contributed by atoms with Crippen molar-refractivity contribution >= 4 is 5.97 Å². The lowest BCUT2D eigenvalue weighted by atomic mass is 10.1. The van der Waals surface area contributed by atoms with Gasteiger partial charge in [0, 0.05) is 0 Å². The Kier molecular flexibility index (Phi) is 4.92. The molecule has 0 aliphatic carbocycles. The fraction of sp³-hybridized carbons (Fsp3) is 0.250. The molecule has 0 saturated heterocycles. The van der Waals surface area contributed by atoms with Crippen molar-refractivity contribution in [3.05, 3.63) is 42.4 Å². The summed E-state index contributed by atoms with van der Waals surface area (Å²) in [5, 5.41) is 8.39. The summed E-state index contributed by atoms with van der Waals surface area (Å²) in [4.78, 5) is 11.2. The summed E-state index contributed by atoms with van der Waals surface area (Å²) < 4.78 is 9.84. The zero-order valence-electron chi connectivity index (χ0n) is 9.05.